The number of anilines is 3. The van der Waals surface area contributed by atoms with Crippen molar-refractivity contribution in [2.75, 3.05) is 4.90 Å². The van der Waals surface area contributed by atoms with Crippen LogP contribution in [0.2, 0.25) is 0 Å². The first-order chi connectivity index (χ1) is 19.8. The van der Waals surface area contributed by atoms with E-state index in [1.54, 1.807) is 0 Å². The third kappa shape index (κ3) is 2.93. The van der Waals surface area contributed by atoms with Crippen molar-refractivity contribution in [3.05, 3.63) is 146 Å². The van der Waals surface area contributed by atoms with Crippen LogP contribution < -0.4 is 4.90 Å². The van der Waals surface area contributed by atoms with Crippen LogP contribution in [-0.4, -0.2) is 4.40 Å². The van der Waals surface area contributed by atoms with Gasteiger partial charge < -0.3 is 9.30 Å². The van der Waals surface area contributed by atoms with Crippen LogP contribution in [0.25, 0.3) is 59.6 Å². The lowest BCUT2D eigenvalue weighted by atomic mass is 10.0. The number of aromatic nitrogens is 1. The van der Waals surface area contributed by atoms with Crippen molar-refractivity contribution in [2.24, 2.45) is 0 Å². The second-order valence-electron chi connectivity index (χ2n) is 10.6. The monoisotopic (exact) mass is 508 g/mol. The minimum atomic E-state index is 1.14. The summed E-state index contributed by atoms with van der Waals surface area (Å²) in [5, 5.41) is 10.3. The first-order valence-electron chi connectivity index (χ1n) is 13.8. The van der Waals surface area contributed by atoms with Crippen LogP contribution in [0, 0.1) is 0 Å². The van der Waals surface area contributed by atoms with Gasteiger partial charge in [-0.05, 0) is 70.1 Å². The van der Waals surface area contributed by atoms with E-state index in [-0.39, 0.29) is 0 Å². The molecule has 0 aliphatic heterocycles. The van der Waals surface area contributed by atoms with E-state index in [9.17, 15) is 0 Å². The highest BCUT2D eigenvalue weighted by Gasteiger charge is 2.20. The van der Waals surface area contributed by atoms with Crippen molar-refractivity contribution in [1.29, 1.82) is 0 Å². The molecule has 186 valence electrons. The van der Waals surface area contributed by atoms with Crippen LogP contribution in [0.5, 0.6) is 0 Å². The van der Waals surface area contributed by atoms with Gasteiger partial charge in [0, 0.05) is 38.6 Å². The molecule has 0 atom stereocenters. The molecule has 0 unspecified atom stereocenters. The largest absolute Gasteiger partial charge is 0.310 e. The maximum absolute atomic E-state index is 2.47. The lowest BCUT2D eigenvalue weighted by Crippen LogP contribution is -2.09. The summed E-state index contributed by atoms with van der Waals surface area (Å²) in [6.45, 7) is 0. The minimum Gasteiger partial charge on any atom is -0.310 e. The Balaban J connectivity index is 1.34. The molecule has 0 aliphatic rings. The van der Waals surface area contributed by atoms with E-state index in [1.165, 1.54) is 59.6 Å². The topological polar surface area (TPSA) is 7.65 Å². The van der Waals surface area contributed by atoms with Gasteiger partial charge in [-0.1, -0.05) is 97.1 Å². The molecule has 2 nitrogen and oxygen atoms in total. The molecular weight excluding hydrogens is 484 g/mol. The molecular formula is C38H24N2. The van der Waals surface area contributed by atoms with Crippen molar-refractivity contribution >= 4 is 76.7 Å². The highest BCUT2D eigenvalue weighted by molar-refractivity contribution is 6.28. The smallest absolute Gasteiger partial charge is 0.0620 e. The minimum absolute atomic E-state index is 1.14. The lowest BCUT2D eigenvalue weighted by molar-refractivity contribution is 1.29. The molecule has 0 spiro atoms. The Kier molecular flexibility index (Phi) is 4.36. The fourth-order valence-corrected chi connectivity index (χ4v) is 6.72. The zero-order chi connectivity index (χ0) is 26.2. The van der Waals surface area contributed by atoms with Crippen LogP contribution in [0.3, 0.4) is 0 Å². The summed E-state index contributed by atoms with van der Waals surface area (Å²) < 4.78 is 2.47. The van der Waals surface area contributed by atoms with Crippen LogP contribution in [0.1, 0.15) is 0 Å². The number of rotatable bonds is 3. The maximum atomic E-state index is 2.47. The number of benzene rings is 7. The summed E-state index contributed by atoms with van der Waals surface area (Å²) in [7, 11) is 0. The fraction of sp³-hybridized carbons (Fsp3) is 0. The molecule has 0 amide bonds. The third-order valence-corrected chi connectivity index (χ3v) is 8.45. The molecule has 2 heteroatoms. The van der Waals surface area contributed by atoms with Gasteiger partial charge in [0.25, 0.3) is 0 Å². The molecule has 0 saturated carbocycles. The van der Waals surface area contributed by atoms with Crippen molar-refractivity contribution in [2.45, 2.75) is 0 Å². The van der Waals surface area contributed by atoms with Gasteiger partial charge in [0.05, 0.1) is 16.6 Å². The summed E-state index contributed by atoms with van der Waals surface area (Å²) >= 11 is 0. The number of para-hydroxylation sites is 2. The molecule has 2 aromatic heterocycles. The normalized spacial score (nSPS) is 12.0. The van der Waals surface area contributed by atoms with Gasteiger partial charge in [-0.3, -0.25) is 0 Å². The Bertz CT molecular complexity index is 2380. The molecule has 0 fully saturated rings. The van der Waals surface area contributed by atoms with Crippen molar-refractivity contribution in [3.8, 4) is 0 Å². The summed E-state index contributed by atoms with van der Waals surface area (Å²) in [5.41, 5.74) is 7.26. The van der Waals surface area contributed by atoms with Gasteiger partial charge in [-0.15, -0.1) is 0 Å². The highest BCUT2D eigenvalue weighted by Crippen LogP contribution is 2.44. The van der Waals surface area contributed by atoms with Crippen molar-refractivity contribution in [1.82, 2.24) is 4.40 Å². The quantitative estimate of drug-likeness (QED) is 0.230. The molecule has 0 radical (unpaired) electrons. The maximum Gasteiger partial charge on any atom is 0.0620 e. The summed E-state index contributed by atoms with van der Waals surface area (Å²) in [6, 6.07) is 52.9. The summed E-state index contributed by atoms with van der Waals surface area (Å²) in [6.07, 6.45) is 0. The molecule has 0 saturated heterocycles. The van der Waals surface area contributed by atoms with Gasteiger partial charge in [0.15, 0.2) is 0 Å². The van der Waals surface area contributed by atoms with Crippen LogP contribution in [-0.2, 0) is 0 Å². The molecule has 9 aromatic rings. The summed E-state index contributed by atoms with van der Waals surface area (Å²) in [5.74, 6) is 0. The van der Waals surface area contributed by atoms with Crippen LogP contribution in [0.4, 0.5) is 17.1 Å². The summed E-state index contributed by atoms with van der Waals surface area (Å²) in [4.78, 5) is 2.37. The van der Waals surface area contributed by atoms with E-state index in [0.717, 1.165) is 17.1 Å². The highest BCUT2D eigenvalue weighted by atomic mass is 15.1. The molecule has 9 rings (SSSR count). The van der Waals surface area contributed by atoms with Gasteiger partial charge in [0.1, 0.15) is 0 Å². The van der Waals surface area contributed by atoms with Crippen LogP contribution >= 0.6 is 0 Å². The fourth-order valence-electron chi connectivity index (χ4n) is 6.72. The number of fused-ring (bicyclic) bond motifs is 9. The van der Waals surface area contributed by atoms with E-state index < -0.39 is 0 Å². The average molecular weight is 509 g/mol. The zero-order valence-corrected chi connectivity index (χ0v) is 21.8. The SMILES string of the molecule is c1ccc(N(c2ccc3ccccc3c2)c2ccc3c(c2)c2cccc4c5c6ccccc6ccc5n3c24)cc1. The number of nitrogens with zero attached hydrogens (tertiary/aromatic N) is 2. The molecule has 0 N–H and O–H groups in total. The first-order valence-corrected chi connectivity index (χ1v) is 13.8. The second-order valence-corrected chi connectivity index (χ2v) is 10.6. The molecule has 0 bridgehead atoms. The Labute approximate surface area is 231 Å². The van der Waals surface area contributed by atoms with Gasteiger partial charge >= 0.3 is 0 Å². The van der Waals surface area contributed by atoms with Crippen LogP contribution in [0.15, 0.2) is 146 Å². The van der Waals surface area contributed by atoms with Gasteiger partial charge in [0.2, 0.25) is 0 Å². The third-order valence-electron chi connectivity index (χ3n) is 8.45. The average Bonchev–Trinajstić information content (AvgIpc) is 3.54. The first kappa shape index (κ1) is 21.6. The molecule has 2 heterocycles. The predicted octanol–water partition coefficient (Wildman–Crippen LogP) is 10.6. The Hall–Kier alpha value is -5.34. The zero-order valence-electron chi connectivity index (χ0n) is 21.8. The molecule has 40 heavy (non-hydrogen) atoms. The number of hydrogen-bond donors (Lipinski definition) is 0. The van der Waals surface area contributed by atoms with Crippen molar-refractivity contribution < 1.29 is 0 Å². The Morgan fingerprint density at radius 2 is 1.02 bits per heavy atom. The lowest BCUT2D eigenvalue weighted by Gasteiger charge is -2.26. The molecule has 0 aliphatic carbocycles. The van der Waals surface area contributed by atoms with E-state index in [1.807, 2.05) is 0 Å². The van der Waals surface area contributed by atoms with E-state index in [4.69, 9.17) is 0 Å². The molecule has 7 aromatic carbocycles. The van der Waals surface area contributed by atoms with Gasteiger partial charge in [-0.25, -0.2) is 0 Å². The van der Waals surface area contributed by atoms with E-state index in [2.05, 4.69) is 155 Å². The van der Waals surface area contributed by atoms with Gasteiger partial charge in [-0.2, -0.15) is 0 Å². The van der Waals surface area contributed by atoms with E-state index >= 15 is 0 Å². The Morgan fingerprint density at radius 3 is 1.93 bits per heavy atom. The second kappa shape index (κ2) is 8.08. The van der Waals surface area contributed by atoms with E-state index in [0.29, 0.717) is 0 Å². The predicted molar refractivity (Wildman–Crippen MR) is 171 cm³/mol. The Morgan fingerprint density at radius 1 is 0.375 bits per heavy atom. The van der Waals surface area contributed by atoms with Crippen molar-refractivity contribution in [3.63, 3.8) is 0 Å². The standard InChI is InChI=1S/C38H24N2/c1-2-12-28(13-3-1)39(29-19-17-25-9-4-5-11-27(25)23-29)30-20-22-35-34(24-30)32-15-8-16-33-37-31-14-7-6-10-26(31)18-21-36(37)40(35)38(32)33/h1-24H. The number of hydrogen-bond acceptors (Lipinski definition) is 1.